The van der Waals surface area contributed by atoms with Crippen LogP contribution in [0.2, 0.25) is 0 Å². The van der Waals surface area contributed by atoms with Crippen LogP contribution < -0.4 is 25.0 Å². The van der Waals surface area contributed by atoms with E-state index in [2.05, 4.69) is 5.32 Å². The number of benzene rings is 2. The minimum absolute atomic E-state index is 0.0268. The molecule has 0 saturated heterocycles. The van der Waals surface area contributed by atoms with Crippen molar-refractivity contribution in [1.82, 2.24) is 5.32 Å². The molecule has 11 nitrogen and oxygen atoms in total. The van der Waals surface area contributed by atoms with Gasteiger partial charge in [0.2, 0.25) is 5.75 Å². The lowest BCUT2D eigenvalue weighted by Gasteiger charge is -2.16. The third-order valence-corrected chi connectivity index (χ3v) is 4.44. The summed E-state index contributed by atoms with van der Waals surface area (Å²) in [7, 11) is 2.60. The van der Waals surface area contributed by atoms with Crippen molar-refractivity contribution in [3.63, 3.8) is 0 Å². The molecule has 0 spiro atoms. The molecule has 0 aliphatic carbocycles. The number of fused-ring (bicyclic) bond motifs is 1. The van der Waals surface area contributed by atoms with E-state index in [-0.39, 0.29) is 39.7 Å². The Bertz CT molecular complexity index is 1240. The van der Waals surface area contributed by atoms with E-state index < -0.39 is 29.3 Å². The van der Waals surface area contributed by atoms with Crippen molar-refractivity contribution in [3.05, 3.63) is 40.6 Å². The third-order valence-electron chi connectivity index (χ3n) is 4.44. The Kier molecular flexibility index (Phi) is 6.10. The molecule has 0 aliphatic heterocycles. The summed E-state index contributed by atoms with van der Waals surface area (Å²) in [6.45, 7) is 1.26. The molecule has 0 saturated carbocycles. The van der Waals surface area contributed by atoms with Crippen molar-refractivity contribution in [2.45, 2.75) is 13.0 Å². The maximum atomic E-state index is 12.5. The molecule has 0 unspecified atom stereocenters. The molecule has 1 heterocycles. The minimum atomic E-state index is -1.25. The summed E-state index contributed by atoms with van der Waals surface area (Å²) in [5.74, 6) is -2.00. The molecule has 168 valence electrons. The number of methoxy groups -OCH3 is 2. The van der Waals surface area contributed by atoms with Crippen molar-refractivity contribution in [2.24, 2.45) is 0 Å². The van der Waals surface area contributed by atoms with E-state index in [1.165, 1.54) is 39.3 Å². The van der Waals surface area contributed by atoms with Gasteiger partial charge in [-0.25, -0.2) is 4.79 Å². The van der Waals surface area contributed by atoms with Crippen LogP contribution in [0.3, 0.4) is 0 Å². The molecule has 32 heavy (non-hydrogen) atoms. The summed E-state index contributed by atoms with van der Waals surface area (Å²) < 4.78 is 21.4. The average molecular weight is 445 g/mol. The summed E-state index contributed by atoms with van der Waals surface area (Å²) in [6.07, 6.45) is -1.05. The summed E-state index contributed by atoms with van der Waals surface area (Å²) in [4.78, 5) is 35.5. The zero-order valence-corrected chi connectivity index (χ0v) is 17.2. The molecule has 0 aliphatic rings. The molecule has 1 aromatic heterocycles. The van der Waals surface area contributed by atoms with E-state index in [4.69, 9.17) is 23.7 Å². The number of amides is 1. The Labute approximate surface area is 180 Å². The van der Waals surface area contributed by atoms with Gasteiger partial charge in [-0.3, -0.25) is 9.59 Å². The van der Waals surface area contributed by atoms with Crippen LogP contribution in [0, 0.1) is 0 Å². The van der Waals surface area contributed by atoms with Crippen LogP contribution >= 0.6 is 0 Å². The number of nitrogens with one attached hydrogen (secondary N) is 1. The maximum absolute atomic E-state index is 12.5. The standard InChI is InChI=1S/C21H19NO10/c1-9(20(26)27)22-21(28)32-19-16(29-2)4-10(5-17(19)30-3)14-8-13(25)18-12(24)6-11(23)7-15(18)31-14/h4-9,23-24H,1-3H3,(H,22,28)(H,26,27)/t9-/m0/s1. The maximum Gasteiger partial charge on any atom is 0.413 e. The van der Waals surface area contributed by atoms with Crippen LogP contribution in [0.1, 0.15) is 6.92 Å². The number of aromatic hydroxyl groups is 2. The Morgan fingerprint density at radius 3 is 2.22 bits per heavy atom. The zero-order valence-electron chi connectivity index (χ0n) is 17.2. The van der Waals surface area contributed by atoms with Gasteiger partial charge in [0, 0.05) is 23.8 Å². The molecular formula is C21H19NO10. The van der Waals surface area contributed by atoms with Gasteiger partial charge in [0.05, 0.1) is 14.2 Å². The first-order valence-corrected chi connectivity index (χ1v) is 9.12. The highest BCUT2D eigenvalue weighted by Crippen LogP contribution is 2.42. The van der Waals surface area contributed by atoms with Gasteiger partial charge in [0.25, 0.3) is 0 Å². The van der Waals surface area contributed by atoms with Crippen LogP contribution in [0.4, 0.5) is 4.79 Å². The van der Waals surface area contributed by atoms with Gasteiger partial charge < -0.3 is 39.3 Å². The fourth-order valence-corrected chi connectivity index (χ4v) is 2.88. The minimum Gasteiger partial charge on any atom is -0.508 e. The lowest BCUT2D eigenvalue weighted by Crippen LogP contribution is -2.40. The fraction of sp³-hybridized carbons (Fsp3) is 0.190. The molecule has 0 fully saturated rings. The lowest BCUT2D eigenvalue weighted by atomic mass is 10.1. The lowest BCUT2D eigenvalue weighted by molar-refractivity contribution is -0.138. The number of hydrogen-bond donors (Lipinski definition) is 4. The fourth-order valence-electron chi connectivity index (χ4n) is 2.88. The monoisotopic (exact) mass is 445 g/mol. The van der Waals surface area contributed by atoms with Crippen LogP contribution in [0.5, 0.6) is 28.7 Å². The van der Waals surface area contributed by atoms with Gasteiger partial charge in [-0.1, -0.05) is 0 Å². The molecule has 0 radical (unpaired) electrons. The van der Waals surface area contributed by atoms with Crippen molar-refractivity contribution in [2.75, 3.05) is 14.2 Å². The molecule has 0 bridgehead atoms. The molecule has 4 N–H and O–H groups in total. The summed E-state index contributed by atoms with van der Waals surface area (Å²) in [6, 6.07) is 4.94. The van der Waals surface area contributed by atoms with Crippen molar-refractivity contribution < 1.29 is 43.5 Å². The van der Waals surface area contributed by atoms with Gasteiger partial charge in [-0.2, -0.15) is 0 Å². The molecular weight excluding hydrogens is 426 g/mol. The van der Waals surface area contributed by atoms with Crippen LogP contribution in [0.15, 0.2) is 39.5 Å². The normalized spacial score (nSPS) is 11.6. The van der Waals surface area contributed by atoms with Crippen LogP contribution in [-0.4, -0.2) is 47.6 Å². The summed E-state index contributed by atoms with van der Waals surface area (Å²) >= 11 is 0. The third kappa shape index (κ3) is 4.36. The first-order valence-electron chi connectivity index (χ1n) is 9.12. The number of carbonyl (C=O) groups excluding carboxylic acids is 1. The Hall–Kier alpha value is -4.41. The highest BCUT2D eigenvalue weighted by atomic mass is 16.6. The van der Waals surface area contributed by atoms with Gasteiger partial charge in [0.15, 0.2) is 16.9 Å². The van der Waals surface area contributed by atoms with Crippen molar-refractivity contribution in [1.29, 1.82) is 0 Å². The second kappa shape index (κ2) is 8.76. The highest BCUT2D eigenvalue weighted by Gasteiger charge is 2.22. The predicted molar refractivity (Wildman–Crippen MR) is 111 cm³/mol. The molecule has 1 atom stereocenters. The second-order valence-electron chi connectivity index (χ2n) is 6.62. The first-order chi connectivity index (χ1) is 15.1. The molecule has 11 heteroatoms. The van der Waals surface area contributed by atoms with E-state index in [1.807, 2.05) is 0 Å². The quantitative estimate of drug-likeness (QED) is 0.443. The van der Waals surface area contributed by atoms with E-state index >= 15 is 0 Å². The SMILES string of the molecule is COc1cc(-c2cc(=O)c3c(O)cc(O)cc3o2)cc(OC)c1OC(=O)N[C@@H](C)C(=O)O. The molecule has 3 rings (SSSR count). The van der Waals surface area contributed by atoms with Crippen LogP contribution in [-0.2, 0) is 4.79 Å². The van der Waals surface area contributed by atoms with E-state index in [1.54, 1.807) is 0 Å². The number of carboxylic acid groups (broad SMARTS) is 1. The van der Waals surface area contributed by atoms with E-state index in [9.17, 15) is 24.6 Å². The molecule has 2 aromatic carbocycles. The zero-order chi connectivity index (χ0) is 23.6. The molecule has 1 amide bonds. The number of carboxylic acids is 1. The van der Waals surface area contributed by atoms with Crippen LogP contribution in [0.25, 0.3) is 22.3 Å². The Morgan fingerprint density at radius 1 is 1.03 bits per heavy atom. The number of hydrogen-bond acceptors (Lipinski definition) is 9. The molecule has 3 aromatic rings. The number of carbonyl (C=O) groups is 2. The number of phenolic OH excluding ortho intramolecular Hbond substituents is 2. The first kappa shape index (κ1) is 22.3. The van der Waals surface area contributed by atoms with Crippen molar-refractivity contribution in [3.8, 4) is 40.1 Å². The number of rotatable bonds is 6. The van der Waals surface area contributed by atoms with Gasteiger partial charge >= 0.3 is 12.1 Å². The average Bonchev–Trinajstić information content (AvgIpc) is 2.72. The van der Waals surface area contributed by atoms with E-state index in [0.717, 1.165) is 12.1 Å². The van der Waals surface area contributed by atoms with Gasteiger partial charge in [0.1, 0.15) is 34.3 Å². The number of aliphatic carboxylic acids is 1. The van der Waals surface area contributed by atoms with Crippen molar-refractivity contribution >= 4 is 23.0 Å². The predicted octanol–water partition coefficient (Wildman–Crippen LogP) is 2.45. The summed E-state index contributed by atoms with van der Waals surface area (Å²) in [5, 5.41) is 30.6. The largest absolute Gasteiger partial charge is 0.508 e. The van der Waals surface area contributed by atoms with E-state index in [0.29, 0.717) is 5.56 Å². The topological polar surface area (TPSA) is 165 Å². The number of ether oxygens (including phenoxy) is 3. The Balaban J connectivity index is 2.07. The second-order valence-corrected chi connectivity index (χ2v) is 6.62. The Morgan fingerprint density at radius 2 is 1.66 bits per heavy atom. The van der Waals surface area contributed by atoms with Gasteiger partial charge in [-0.05, 0) is 19.1 Å². The highest BCUT2D eigenvalue weighted by molar-refractivity contribution is 5.86. The summed E-state index contributed by atoms with van der Waals surface area (Å²) in [5.41, 5.74) is -0.309. The smallest absolute Gasteiger partial charge is 0.413 e. The van der Waals surface area contributed by atoms with Gasteiger partial charge in [-0.15, -0.1) is 0 Å². The number of phenols is 2.